The number of hydrogen-bond donors (Lipinski definition) is 2. The number of rotatable bonds is 6. The number of aromatic amines is 1. The molecule has 0 atom stereocenters. The molecule has 2 aromatic rings. The van der Waals surface area contributed by atoms with Gasteiger partial charge in [0.2, 0.25) is 10.0 Å². The molecule has 0 saturated heterocycles. The van der Waals surface area contributed by atoms with Gasteiger partial charge in [-0.15, -0.1) is 0 Å². The van der Waals surface area contributed by atoms with Crippen molar-refractivity contribution in [3.8, 4) is 0 Å². The zero-order chi connectivity index (χ0) is 25.9. The first kappa shape index (κ1) is 5.44. The Hall–Kier alpha value is -1.37. The SMILES string of the molecule is [2H]c1c(CS(=O)(=O)NC)c([2H])c2c(C([2H])([2H])C([2H])([2H])N(C([2H])([2H])[2H])C([2H])([2H])[2H])c[nH]c2c1[2H]. The number of nitrogens with one attached hydrogen (secondary N) is 2. The Morgan fingerprint density at radius 3 is 3.00 bits per heavy atom. The predicted molar refractivity (Wildman–Crippen MR) is 82.2 cm³/mol. The molecule has 0 radical (unpaired) electrons. The van der Waals surface area contributed by atoms with Gasteiger partial charge in [0, 0.05) is 37.3 Å². The Bertz CT molecular complexity index is 1150. The van der Waals surface area contributed by atoms with Crippen LogP contribution in [0.1, 0.15) is 28.9 Å². The molecule has 0 bridgehead atoms. The van der Waals surface area contributed by atoms with E-state index < -0.39 is 82.1 Å². The number of fused-ring (bicyclic) bond motifs is 1. The molecule has 110 valence electrons. The summed E-state index contributed by atoms with van der Waals surface area (Å²) in [6.07, 6.45) is -2.55. The van der Waals surface area contributed by atoms with Crippen LogP contribution in [0, 0.1) is 0 Å². The van der Waals surface area contributed by atoms with Gasteiger partial charge in [-0.2, -0.15) is 0 Å². The molecule has 1 aromatic carbocycles. The Morgan fingerprint density at radius 2 is 2.30 bits per heavy atom. The Balaban J connectivity index is 2.89. The van der Waals surface area contributed by atoms with Crippen molar-refractivity contribution < 1.29 is 26.2 Å². The molecule has 0 aliphatic heterocycles. The molecule has 0 unspecified atom stereocenters. The lowest BCUT2D eigenvalue weighted by molar-refractivity contribution is 0.414. The number of hydrogen-bond acceptors (Lipinski definition) is 3. The molecule has 0 saturated carbocycles. The molecule has 0 amide bonds. The largest absolute Gasteiger partial charge is 0.361 e. The maximum absolute atomic E-state index is 12.0. The van der Waals surface area contributed by atoms with Gasteiger partial charge >= 0.3 is 0 Å². The van der Waals surface area contributed by atoms with Crippen LogP contribution in [0.5, 0.6) is 0 Å². The van der Waals surface area contributed by atoms with E-state index in [-0.39, 0.29) is 5.52 Å². The Morgan fingerprint density at radius 1 is 1.50 bits per heavy atom. The topological polar surface area (TPSA) is 65.2 Å². The standard InChI is InChI=1S/C14H21N3O2S/c1-15-20(18,19)10-11-4-5-14-13(8-11)12(9-16-14)6-7-17(2)3/h4-5,8-9,15-16H,6-7,10H2,1-3H3/i2D3,3D3,4D,5D,6D2,7D2,8D. The highest BCUT2D eigenvalue weighted by molar-refractivity contribution is 7.88. The minimum Gasteiger partial charge on any atom is -0.361 e. The molecule has 5 nitrogen and oxygen atoms in total. The Labute approximate surface area is 138 Å². The van der Waals surface area contributed by atoms with Gasteiger partial charge in [-0.3, -0.25) is 0 Å². The van der Waals surface area contributed by atoms with Gasteiger partial charge in [-0.1, -0.05) is 6.04 Å². The van der Waals surface area contributed by atoms with Crippen molar-refractivity contribution in [1.29, 1.82) is 0 Å². The van der Waals surface area contributed by atoms with Gasteiger partial charge in [0.15, 0.2) is 0 Å². The van der Waals surface area contributed by atoms with Gasteiger partial charge in [-0.25, -0.2) is 13.1 Å². The third-order valence-electron chi connectivity index (χ3n) is 2.44. The molecule has 0 spiro atoms. The summed E-state index contributed by atoms with van der Waals surface area (Å²) in [7, 11) is -2.93. The smallest absolute Gasteiger partial charge is 0.215 e. The van der Waals surface area contributed by atoms with E-state index in [1.807, 2.05) is 4.72 Å². The minimum absolute atomic E-state index is 0.292. The molecule has 2 N–H and O–H groups in total. The molecule has 0 fully saturated rings. The van der Waals surface area contributed by atoms with Crippen molar-refractivity contribution in [1.82, 2.24) is 14.6 Å². The van der Waals surface area contributed by atoms with E-state index in [2.05, 4.69) is 4.98 Å². The van der Waals surface area contributed by atoms with Crippen LogP contribution in [0.15, 0.2) is 24.3 Å². The van der Waals surface area contributed by atoms with Gasteiger partial charge < -0.3 is 9.88 Å². The monoisotopic (exact) mass is 308 g/mol. The predicted octanol–water partition coefficient (Wildman–Crippen LogP) is 1.32. The van der Waals surface area contributed by atoms with E-state index in [1.54, 1.807) is 0 Å². The second-order valence-electron chi connectivity index (χ2n) is 3.84. The lowest BCUT2D eigenvalue weighted by atomic mass is 10.1. The fraction of sp³-hybridized carbons (Fsp3) is 0.429. The lowest BCUT2D eigenvalue weighted by Gasteiger charge is -2.08. The summed E-state index contributed by atoms with van der Waals surface area (Å²) in [5.41, 5.74) is -1.47. The third-order valence-corrected chi connectivity index (χ3v) is 3.73. The molecule has 6 heteroatoms. The van der Waals surface area contributed by atoms with Crippen molar-refractivity contribution in [3.05, 3.63) is 35.5 Å². The first-order chi connectivity index (χ1) is 14.6. The molecule has 0 aliphatic carbocycles. The maximum atomic E-state index is 12.0. The summed E-state index contributed by atoms with van der Waals surface area (Å²) < 4.78 is 128. The number of sulfonamides is 1. The third kappa shape index (κ3) is 3.59. The van der Waals surface area contributed by atoms with E-state index in [0.717, 1.165) is 13.2 Å². The average molecular weight is 308 g/mol. The van der Waals surface area contributed by atoms with Crippen LogP contribution in [0.2, 0.25) is 0 Å². The van der Waals surface area contributed by atoms with Crippen molar-refractivity contribution in [2.24, 2.45) is 0 Å². The first-order valence-electron chi connectivity index (χ1n) is 11.9. The molecule has 0 aliphatic rings. The summed E-state index contributed by atoms with van der Waals surface area (Å²) in [5.74, 6) is -0.903. The van der Waals surface area contributed by atoms with Crippen LogP contribution < -0.4 is 4.72 Å². The van der Waals surface area contributed by atoms with Gasteiger partial charge in [0.05, 0.1) is 9.87 Å². The van der Waals surface area contributed by atoms with Crippen molar-refractivity contribution in [2.45, 2.75) is 12.1 Å². The Kier molecular flexibility index (Phi) is 1.62. The maximum Gasteiger partial charge on any atom is 0.215 e. The fourth-order valence-electron chi connectivity index (χ4n) is 1.52. The zero-order valence-electron chi connectivity index (χ0n) is 23.5. The van der Waals surface area contributed by atoms with Crippen LogP contribution in [-0.2, 0) is 22.1 Å². The van der Waals surface area contributed by atoms with Crippen LogP contribution in [0.4, 0.5) is 0 Å². The second kappa shape index (κ2) is 5.95. The number of aromatic nitrogens is 1. The second-order valence-corrected chi connectivity index (χ2v) is 5.77. The summed E-state index contributed by atoms with van der Waals surface area (Å²) in [4.78, 5) is 1.87. The van der Waals surface area contributed by atoms with Crippen LogP contribution in [0.3, 0.4) is 0 Å². The molecular weight excluding hydrogens is 274 g/mol. The summed E-state index contributed by atoms with van der Waals surface area (Å²) >= 11 is 0. The van der Waals surface area contributed by atoms with Gasteiger partial charge in [0.1, 0.15) is 0 Å². The molecule has 1 heterocycles. The van der Waals surface area contributed by atoms with E-state index in [1.165, 1.54) is 0 Å². The highest BCUT2D eigenvalue weighted by atomic mass is 32.2. The highest BCUT2D eigenvalue weighted by Gasteiger charge is 2.11. The van der Waals surface area contributed by atoms with Crippen molar-refractivity contribution in [3.63, 3.8) is 0 Å². The van der Waals surface area contributed by atoms with E-state index >= 15 is 0 Å². The number of aryl methyl sites for hydroxylation is 1. The van der Waals surface area contributed by atoms with E-state index in [4.69, 9.17) is 17.8 Å². The molecule has 1 aromatic heterocycles. The van der Waals surface area contributed by atoms with Crippen LogP contribution >= 0.6 is 0 Å². The average Bonchev–Trinajstić information content (AvgIpc) is 3.06. The van der Waals surface area contributed by atoms with Crippen molar-refractivity contribution in [2.75, 3.05) is 27.5 Å². The molecule has 2 rings (SSSR count). The fourth-order valence-corrected chi connectivity index (χ4v) is 2.19. The number of likely N-dealkylation sites (N-methyl/N-ethyl adjacent to an activating group) is 1. The first-order valence-corrected chi connectivity index (χ1v) is 7.08. The molecule has 20 heavy (non-hydrogen) atoms. The lowest BCUT2D eigenvalue weighted by Crippen LogP contribution is -2.20. The van der Waals surface area contributed by atoms with E-state index in [0.29, 0.717) is 0 Å². The normalized spacial score (nSPS) is 24.6. The minimum atomic E-state index is -4.02. The number of benzene rings is 1. The van der Waals surface area contributed by atoms with Gasteiger partial charge in [-0.05, 0) is 50.6 Å². The number of nitrogens with zero attached hydrogens (tertiary/aromatic N) is 1. The van der Waals surface area contributed by atoms with E-state index in [9.17, 15) is 8.42 Å². The zero-order valence-corrected chi connectivity index (χ0v) is 11.3. The quantitative estimate of drug-likeness (QED) is 0.846. The highest BCUT2D eigenvalue weighted by Crippen LogP contribution is 2.21. The van der Waals surface area contributed by atoms with Gasteiger partial charge in [0.25, 0.3) is 0 Å². The number of H-pyrrole nitrogens is 1. The molecular formula is C14H21N3O2S. The van der Waals surface area contributed by atoms with Crippen LogP contribution in [0.25, 0.3) is 10.9 Å². The van der Waals surface area contributed by atoms with Crippen LogP contribution in [-0.4, -0.2) is 45.8 Å². The summed E-state index contributed by atoms with van der Waals surface area (Å²) in [6, 6.07) is -1.93. The summed E-state index contributed by atoms with van der Waals surface area (Å²) in [5, 5.41) is -0.470. The van der Waals surface area contributed by atoms with Crippen molar-refractivity contribution >= 4 is 20.9 Å². The summed E-state index contributed by atoms with van der Waals surface area (Å²) in [6.45, 7) is -10.9.